The number of benzene rings is 1. The summed E-state index contributed by atoms with van der Waals surface area (Å²) < 4.78 is 1.30. The van der Waals surface area contributed by atoms with Gasteiger partial charge in [-0.25, -0.2) is 0 Å². The molecule has 0 atom stereocenters. The Labute approximate surface area is 67.8 Å². The van der Waals surface area contributed by atoms with E-state index in [1.165, 1.54) is 9.13 Å². The highest BCUT2D eigenvalue weighted by Crippen LogP contribution is 2.04. The summed E-state index contributed by atoms with van der Waals surface area (Å²) >= 11 is 2.30. The van der Waals surface area contributed by atoms with Gasteiger partial charge in [-0.15, -0.1) is 0 Å². The Morgan fingerprint density at radius 2 is 1.56 bits per heavy atom. The van der Waals surface area contributed by atoms with Crippen molar-refractivity contribution in [2.24, 2.45) is 0 Å². The van der Waals surface area contributed by atoms with Crippen LogP contribution in [-0.4, -0.2) is 0 Å². The first kappa shape index (κ1) is 8.88. The lowest BCUT2D eigenvalue weighted by molar-refractivity contribution is 1.11. The average molecular weight is 238 g/mol. The van der Waals surface area contributed by atoms with Crippen LogP contribution < -0.4 is 0 Å². The standard InChI is InChI=1S/C7H7I.FH/c1-6-2-4-7(8)5-3-6;/h2-5H,1H3;1H. The summed E-state index contributed by atoms with van der Waals surface area (Å²) in [6.07, 6.45) is 0. The molecule has 1 rings (SSSR count). The largest absolute Gasteiger partial charge is 0.269 e. The van der Waals surface area contributed by atoms with Gasteiger partial charge < -0.3 is 0 Å². The van der Waals surface area contributed by atoms with Gasteiger partial charge in [0.25, 0.3) is 0 Å². The molecular weight excluding hydrogens is 230 g/mol. The molecule has 0 aliphatic heterocycles. The lowest BCUT2D eigenvalue weighted by atomic mass is 10.2. The van der Waals surface area contributed by atoms with Crippen LogP contribution in [0.25, 0.3) is 0 Å². The molecule has 0 aliphatic carbocycles. The number of aryl methyl sites for hydroxylation is 1. The van der Waals surface area contributed by atoms with E-state index in [2.05, 4.69) is 53.8 Å². The van der Waals surface area contributed by atoms with Crippen molar-refractivity contribution in [3.8, 4) is 0 Å². The van der Waals surface area contributed by atoms with Gasteiger partial charge in [0.05, 0.1) is 0 Å². The molecule has 0 saturated heterocycles. The van der Waals surface area contributed by atoms with Crippen LogP contribution in [0.4, 0.5) is 4.70 Å². The van der Waals surface area contributed by atoms with Gasteiger partial charge in [-0.1, -0.05) is 17.7 Å². The van der Waals surface area contributed by atoms with E-state index in [4.69, 9.17) is 0 Å². The predicted molar refractivity (Wildman–Crippen MR) is 46.4 cm³/mol. The molecule has 9 heavy (non-hydrogen) atoms. The van der Waals surface area contributed by atoms with Crippen LogP contribution in [0.1, 0.15) is 5.56 Å². The Balaban J connectivity index is 0.000000640. The molecule has 1 aromatic carbocycles. The fraction of sp³-hybridized carbons (Fsp3) is 0.143. The van der Waals surface area contributed by atoms with E-state index < -0.39 is 0 Å². The molecule has 0 bridgehead atoms. The van der Waals surface area contributed by atoms with Crippen molar-refractivity contribution in [1.82, 2.24) is 0 Å². The molecule has 2 heteroatoms. The van der Waals surface area contributed by atoms with Crippen LogP contribution in [0.5, 0.6) is 0 Å². The maximum Gasteiger partial charge on any atom is 0.0130 e. The highest BCUT2D eigenvalue weighted by Gasteiger charge is 1.81. The molecule has 1 aromatic rings. The topological polar surface area (TPSA) is 0 Å². The van der Waals surface area contributed by atoms with E-state index in [0.29, 0.717) is 0 Å². The van der Waals surface area contributed by atoms with Gasteiger partial charge in [-0.3, -0.25) is 4.70 Å². The number of rotatable bonds is 0. The molecule has 0 saturated carbocycles. The highest BCUT2D eigenvalue weighted by molar-refractivity contribution is 14.1. The van der Waals surface area contributed by atoms with Gasteiger partial charge in [0.15, 0.2) is 0 Å². The lowest BCUT2D eigenvalue weighted by Gasteiger charge is -1.88. The molecule has 0 aromatic heterocycles. The molecular formula is C7H8FI. The van der Waals surface area contributed by atoms with Crippen LogP contribution in [0.2, 0.25) is 0 Å². The molecule has 0 unspecified atom stereocenters. The Morgan fingerprint density at radius 3 is 1.89 bits per heavy atom. The Hall–Kier alpha value is -0.120. The third kappa shape index (κ3) is 2.79. The summed E-state index contributed by atoms with van der Waals surface area (Å²) in [7, 11) is 0. The van der Waals surface area contributed by atoms with Crippen molar-refractivity contribution in [1.29, 1.82) is 0 Å². The first-order valence-corrected chi connectivity index (χ1v) is 3.59. The van der Waals surface area contributed by atoms with Crippen molar-refractivity contribution < 1.29 is 4.70 Å². The maximum absolute atomic E-state index is 2.30. The van der Waals surface area contributed by atoms with E-state index in [-0.39, 0.29) is 4.70 Å². The maximum atomic E-state index is 2.30. The SMILES string of the molecule is Cc1ccc(I)cc1.F. The average Bonchev–Trinajstić information content (AvgIpc) is 1.77. The minimum Gasteiger partial charge on any atom is -0.269 e. The van der Waals surface area contributed by atoms with Gasteiger partial charge in [0.2, 0.25) is 0 Å². The number of hydrogen-bond acceptors (Lipinski definition) is 0. The summed E-state index contributed by atoms with van der Waals surface area (Å²) in [5, 5.41) is 0. The smallest absolute Gasteiger partial charge is 0.0130 e. The van der Waals surface area contributed by atoms with Crippen molar-refractivity contribution in [3.05, 3.63) is 33.4 Å². The fourth-order valence-corrected chi connectivity index (χ4v) is 0.893. The van der Waals surface area contributed by atoms with Crippen LogP contribution in [-0.2, 0) is 0 Å². The Morgan fingerprint density at radius 1 is 1.11 bits per heavy atom. The summed E-state index contributed by atoms with van der Waals surface area (Å²) in [4.78, 5) is 0. The molecule has 0 amide bonds. The van der Waals surface area contributed by atoms with Gasteiger partial charge >= 0.3 is 0 Å². The third-order valence-corrected chi connectivity index (χ3v) is 1.73. The first-order chi connectivity index (χ1) is 3.79. The molecule has 0 fully saturated rings. The summed E-state index contributed by atoms with van der Waals surface area (Å²) in [6, 6.07) is 8.44. The molecule has 0 nitrogen and oxygen atoms in total. The first-order valence-electron chi connectivity index (χ1n) is 2.51. The monoisotopic (exact) mass is 238 g/mol. The van der Waals surface area contributed by atoms with Crippen molar-refractivity contribution in [2.45, 2.75) is 6.92 Å². The predicted octanol–water partition coefficient (Wildman–Crippen LogP) is 2.75. The fourth-order valence-electron chi connectivity index (χ4n) is 0.533. The zero-order valence-electron chi connectivity index (χ0n) is 5.10. The second-order valence-corrected chi connectivity index (χ2v) is 3.04. The third-order valence-electron chi connectivity index (χ3n) is 1.01. The van der Waals surface area contributed by atoms with Gasteiger partial charge in [0.1, 0.15) is 0 Å². The summed E-state index contributed by atoms with van der Waals surface area (Å²) in [6.45, 7) is 2.09. The van der Waals surface area contributed by atoms with Crippen molar-refractivity contribution in [3.63, 3.8) is 0 Å². The summed E-state index contributed by atoms with van der Waals surface area (Å²) in [5.74, 6) is 0. The Bertz CT molecular complexity index is 148. The van der Waals surface area contributed by atoms with E-state index in [0.717, 1.165) is 0 Å². The second-order valence-electron chi connectivity index (χ2n) is 1.80. The van der Waals surface area contributed by atoms with Crippen LogP contribution in [0.3, 0.4) is 0 Å². The molecule has 0 spiro atoms. The lowest BCUT2D eigenvalue weighted by Crippen LogP contribution is -1.69. The highest BCUT2D eigenvalue weighted by atomic mass is 127. The number of halogens is 2. The van der Waals surface area contributed by atoms with E-state index in [1.807, 2.05) is 0 Å². The number of hydrogen-bond donors (Lipinski definition) is 0. The molecule has 0 heterocycles. The van der Waals surface area contributed by atoms with Crippen LogP contribution >= 0.6 is 22.6 Å². The van der Waals surface area contributed by atoms with Gasteiger partial charge in [0, 0.05) is 3.57 Å². The van der Waals surface area contributed by atoms with Crippen LogP contribution in [0, 0.1) is 10.5 Å². The molecule has 0 N–H and O–H groups in total. The second kappa shape index (κ2) is 3.82. The van der Waals surface area contributed by atoms with E-state index >= 15 is 0 Å². The van der Waals surface area contributed by atoms with Gasteiger partial charge in [-0.05, 0) is 41.6 Å². The normalized spacial score (nSPS) is 8.22. The minimum atomic E-state index is 0. The quantitative estimate of drug-likeness (QED) is 0.609. The zero-order chi connectivity index (χ0) is 5.98. The van der Waals surface area contributed by atoms with Gasteiger partial charge in [-0.2, -0.15) is 0 Å². The van der Waals surface area contributed by atoms with Crippen molar-refractivity contribution in [2.75, 3.05) is 0 Å². The van der Waals surface area contributed by atoms with Crippen LogP contribution in [0.15, 0.2) is 24.3 Å². The molecule has 50 valence electrons. The molecule has 0 aliphatic rings. The molecule has 0 radical (unpaired) electrons. The summed E-state index contributed by atoms with van der Waals surface area (Å²) in [5.41, 5.74) is 1.32. The minimum absolute atomic E-state index is 0. The van der Waals surface area contributed by atoms with E-state index in [9.17, 15) is 0 Å². The zero-order valence-corrected chi connectivity index (χ0v) is 7.25. The van der Waals surface area contributed by atoms with E-state index in [1.54, 1.807) is 0 Å². The Kier molecular flexibility index (Phi) is 3.77. The van der Waals surface area contributed by atoms with Crippen molar-refractivity contribution >= 4 is 22.6 Å².